The summed E-state index contributed by atoms with van der Waals surface area (Å²) in [5.74, 6) is 0.556. The van der Waals surface area contributed by atoms with Gasteiger partial charge in [0.05, 0.1) is 0 Å². The fourth-order valence-corrected chi connectivity index (χ4v) is 2.26. The van der Waals surface area contributed by atoms with Crippen LogP contribution in [0.5, 0.6) is 0 Å². The minimum atomic E-state index is -0.153. The molecular formula is C12H16FN. The SMILES string of the molecule is CCC1CCNC1c1ccc(F)cc1. The van der Waals surface area contributed by atoms with E-state index >= 15 is 0 Å². The zero-order chi connectivity index (χ0) is 9.97. The summed E-state index contributed by atoms with van der Waals surface area (Å²) in [6.07, 6.45) is 2.42. The zero-order valence-corrected chi connectivity index (χ0v) is 8.46. The lowest BCUT2D eigenvalue weighted by atomic mass is 9.92. The van der Waals surface area contributed by atoms with Crippen molar-refractivity contribution in [3.8, 4) is 0 Å². The predicted octanol–water partition coefficient (Wildman–Crippen LogP) is 2.89. The first kappa shape index (κ1) is 9.66. The Bertz CT molecular complexity index is 294. The van der Waals surface area contributed by atoms with E-state index in [2.05, 4.69) is 12.2 Å². The van der Waals surface area contributed by atoms with E-state index in [9.17, 15) is 4.39 Å². The molecule has 2 unspecified atom stereocenters. The molecule has 0 aromatic heterocycles. The Morgan fingerprint density at radius 2 is 2.07 bits per heavy atom. The van der Waals surface area contributed by atoms with Crippen molar-refractivity contribution in [2.75, 3.05) is 6.54 Å². The van der Waals surface area contributed by atoms with Crippen molar-refractivity contribution in [3.05, 3.63) is 35.6 Å². The van der Waals surface area contributed by atoms with E-state index in [4.69, 9.17) is 0 Å². The Kier molecular flexibility index (Phi) is 2.82. The van der Waals surface area contributed by atoms with E-state index in [0.717, 1.165) is 6.54 Å². The first-order valence-electron chi connectivity index (χ1n) is 5.30. The fraction of sp³-hybridized carbons (Fsp3) is 0.500. The highest BCUT2D eigenvalue weighted by atomic mass is 19.1. The molecular weight excluding hydrogens is 177 g/mol. The normalized spacial score (nSPS) is 26.7. The summed E-state index contributed by atoms with van der Waals surface area (Å²) in [4.78, 5) is 0. The largest absolute Gasteiger partial charge is 0.310 e. The van der Waals surface area contributed by atoms with Gasteiger partial charge >= 0.3 is 0 Å². The standard InChI is InChI=1S/C12H16FN/c1-2-9-7-8-14-12(9)10-3-5-11(13)6-4-10/h3-6,9,12,14H,2,7-8H2,1H3. The predicted molar refractivity (Wildman–Crippen MR) is 55.5 cm³/mol. The molecule has 14 heavy (non-hydrogen) atoms. The van der Waals surface area contributed by atoms with Crippen LogP contribution in [0.15, 0.2) is 24.3 Å². The lowest BCUT2D eigenvalue weighted by Crippen LogP contribution is -2.17. The van der Waals surface area contributed by atoms with Gasteiger partial charge in [-0.3, -0.25) is 0 Å². The lowest BCUT2D eigenvalue weighted by molar-refractivity contribution is 0.449. The van der Waals surface area contributed by atoms with Crippen LogP contribution in [0.1, 0.15) is 31.4 Å². The third kappa shape index (κ3) is 1.80. The highest BCUT2D eigenvalue weighted by Gasteiger charge is 2.26. The van der Waals surface area contributed by atoms with Gasteiger partial charge in [0.25, 0.3) is 0 Å². The Morgan fingerprint density at radius 3 is 2.71 bits per heavy atom. The van der Waals surface area contributed by atoms with E-state index in [1.807, 2.05) is 12.1 Å². The maximum absolute atomic E-state index is 12.7. The average Bonchev–Trinajstić information content (AvgIpc) is 2.67. The van der Waals surface area contributed by atoms with Gasteiger partial charge in [0, 0.05) is 6.04 Å². The molecule has 1 fully saturated rings. The molecule has 1 aromatic rings. The third-order valence-corrected chi connectivity index (χ3v) is 3.10. The number of benzene rings is 1. The van der Waals surface area contributed by atoms with Crippen LogP contribution in [0.2, 0.25) is 0 Å². The summed E-state index contributed by atoms with van der Waals surface area (Å²) in [6.45, 7) is 3.30. The van der Waals surface area contributed by atoms with Crippen molar-refractivity contribution >= 4 is 0 Å². The van der Waals surface area contributed by atoms with Crippen LogP contribution >= 0.6 is 0 Å². The number of hydrogen-bond donors (Lipinski definition) is 1. The van der Waals surface area contributed by atoms with Gasteiger partial charge in [-0.05, 0) is 36.6 Å². The van der Waals surface area contributed by atoms with Crippen molar-refractivity contribution in [2.45, 2.75) is 25.8 Å². The van der Waals surface area contributed by atoms with E-state index < -0.39 is 0 Å². The Labute approximate surface area is 84.3 Å². The monoisotopic (exact) mass is 193 g/mol. The van der Waals surface area contributed by atoms with Crippen LogP contribution in [0, 0.1) is 11.7 Å². The second-order valence-electron chi connectivity index (χ2n) is 3.94. The minimum Gasteiger partial charge on any atom is -0.310 e. The summed E-state index contributed by atoms with van der Waals surface area (Å²) in [5.41, 5.74) is 1.22. The first-order chi connectivity index (χ1) is 6.81. The summed E-state index contributed by atoms with van der Waals surface area (Å²) < 4.78 is 12.7. The Hall–Kier alpha value is -0.890. The van der Waals surface area contributed by atoms with Crippen molar-refractivity contribution in [1.29, 1.82) is 0 Å². The molecule has 2 atom stereocenters. The highest BCUT2D eigenvalue weighted by molar-refractivity contribution is 5.21. The Balaban J connectivity index is 2.17. The molecule has 0 aliphatic carbocycles. The average molecular weight is 193 g/mol. The smallest absolute Gasteiger partial charge is 0.123 e. The van der Waals surface area contributed by atoms with Gasteiger partial charge in [-0.15, -0.1) is 0 Å². The number of halogens is 1. The summed E-state index contributed by atoms with van der Waals surface area (Å²) in [7, 11) is 0. The van der Waals surface area contributed by atoms with Gasteiger partial charge in [0.15, 0.2) is 0 Å². The van der Waals surface area contributed by atoms with Gasteiger partial charge in [0.2, 0.25) is 0 Å². The molecule has 1 aliphatic rings. The molecule has 1 saturated heterocycles. The second kappa shape index (κ2) is 4.09. The van der Waals surface area contributed by atoms with Gasteiger partial charge < -0.3 is 5.32 Å². The van der Waals surface area contributed by atoms with Gasteiger partial charge in [-0.2, -0.15) is 0 Å². The first-order valence-corrected chi connectivity index (χ1v) is 5.30. The molecule has 1 aromatic carbocycles. The quantitative estimate of drug-likeness (QED) is 0.761. The number of hydrogen-bond acceptors (Lipinski definition) is 1. The van der Waals surface area contributed by atoms with Crippen molar-refractivity contribution in [1.82, 2.24) is 5.32 Å². The highest BCUT2D eigenvalue weighted by Crippen LogP contribution is 2.31. The van der Waals surface area contributed by atoms with Crippen molar-refractivity contribution in [2.24, 2.45) is 5.92 Å². The molecule has 1 N–H and O–H groups in total. The minimum absolute atomic E-state index is 0.153. The van der Waals surface area contributed by atoms with Crippen LogP contribution < -0.4 is 5.32 Å². The van der Waals surface area contributed by atoms with E-state index in [-0.39, 0.29) is 5.82 Å². The van der Waals surface area contributed by atoms with E-state index in [1.54, 1.807) is 12.1 Å². The summed E-state index contributed by atoms with van der Waals surface area (Å²) in [6, 6.07) is 7.30. The second-order valence-corrected chi connectivity index (χ2v) is 3.94. The molecule has 1 aliphatic heterocycles. The van der Waals surface area contributed by atoms with Crippen LogP contribution in [0.3, 0.4) is 0 Å². The van der Waals surface area contributed by atoms with Crippen molar-refractivity contribution in [3.63, 3.8) is 0 Å². The summed E-state index contributed by atoms with van der Waals surface area (Å²) in [5, 5.41) is 3.47. The lowest BCUT2D eigenvalue weighted by Gasteiger charge is -2.18. The molecule has 0 saturated carbocycles. The van der Waals surface area contributed by atoms with Gasteiger partial charge in [0.1, 0.15) is 5.82 Å². The molecule has 0 bridgehead atoms. The van der Waals surface area contributed by atoms with Crippen molar-refractivity contribution < 1.29 is 4.39 Å². The van der Waals surface area contributed by atoms with Crippen LogP contribution in [0.25, 0.3) is 0 Å². The molecule has 2 rings (SSSR count). The molecule has 0 amide bonds. The topological polar surface area (TPSA) is 12.0 Å². The molecule has 1 heterocycles. The number of nitrogens with one attached hydrogen (secondary N) is 1. The zero-order valence-electron chi connectivity index (χ0n) is 8.46. The van der Waals surface area contributed by atoms with Crippen LogP contribution in [-0.4, -0.2) is 6.54 Å². The molecule has 76 valence electrons. The van der Waals surface area contributed by atoms with Gasteiger partial charge in [-0.1, -0.05) is 25.5 Å². The van der Waals surface area contributed by atoms with Crippen LogP contribution in [-0.2, 0) is 0 Å². The Morgan fingerprint density at radius 1 is 1.36 bits per heavy atom. The fourth-order valence-electron chi connectivity index (χ4n) is 2.26. The molecule has 0 spiro atoms. The molecule has 2 heteroatoms. The maximum Gasteiger partial charge on any atom is 0.123 e. The summed E-state index contributed by atoms with van der Waals surface area (Å²) >= 11 is 0. The molecule has 0 radical (unpaired) electrons. The van der Waals surface area contributed by atoms with E-state index in [1.165, 1.54) is 18.4 Å². The molecule has 1 nitrogen and oxygen atoms in total. The number of rotatable bonds is 2. The van der Waals surface area contributed by atoms with Crippen LogP contribution in [0.4, 0.5) is 4.39 Å². The van der Waals surface area contributed by atoms with E-state index in [0.29, 0.717) is 12.0 Å². The van der Waals surface area contributed by atoms with Gasteiger partial charge in [-0.25, -0.2) is 4.39 Å². The maximum atomic E-state index is 12.7. The third-order valence-electron chi connectivity index (χ3n) is 3.10.